The van der Waals surface area contributed by atoms with E-state index in [1.54, 1.807) is 17.0 Å². The number of aryl methyl sites for hydroxylation is 1. The molecule has 1 aliphatic rings. The van der Waals surface area contributed by atoms with Crippen molar-refractivity contribution in [2.75, 3.05) is 38.2 Å². The van der Waals surface area contributed by atoms with Crippen molar-refractivity contribution in [1.29, 1.82) is 0 Å². The SMILES string of the molecule is Cc1cc(-c2ccc(C(=O)N3CCN(S(C)(=O)=O)CC3)cc2)nc(N)n1. The molecule has 8 nitrogen and oxygen atoms in total. The van der Waals surface area contributed by atoms with E-state index < -0.39 is 10.0 Å². The highest BCUT2D eigenvalue weighted by atomic mass is 32.2. The lowest BCUT2D eigenvalue weighted by Gasteiger charge is -2.33. The number of nitrogens with zero attached hydrogens (tertiary/aromatic N) is 4. The van der Waals surface area contributed by atoms with Crippen molar-refractivity contribution in [3.63, 3.8) is 0 Å². The van der Waals surface area contributed by atoms with Crippen LogP contribution in [0.15, 0.2) is 30.3 Å². The van der Waals surface area contributed by atoms with E-state index in [1.165, 1.54) is 10.6 Å². The smallest absolute Gasteiger partial charge is 0.253 e. The van der Waals surface area contributed by atoms with Crippen molar-refractivity contribution >= 4 is 21.9 Å². The van der Waals surface area contributed by atoms with Gasteiger partial charge >= 0.3 is 0 Å². The van der Waals surface area contributed by atoms with E-state index in [1.807, 2.05) is 25.1 Å². The molecule has 0 aliphatic carbocycles. The van der Waals surface area contributed by atoms with Crippen molar-refractivity contribution in [1.82, 2.24) is 19.2 Å². The summed E-state index contributed by atoms with van der Waals surface area (Å²) < 4.78 is 24.5. The van der Waals surface area contributed by atoms with Gasteiger partial charge in [-0.25, -0.2) is 18.4 Å². The predicted octanol–water partition coefficient (Wildman–Crippen LogP) is 0.752. The van der Waals surface area contributed by atoms with Crippen LogP contribution in [0.25, 0.3) is 11.3 Å². The number of anilines is 1. The summed E-state index contributed by atoms with van der Waals surface area (Å²) >= 11 is 0. The summed E-state index contributed by atoms with van der Waals surface area (Å²) in [5.74, 6) is 0.104. The third kappa shape index (κ3) is 4.00. The Labute approximate surface area is 152 Å². The quantitative estimate of drug-likeness (QED) is 0.848. The van der Waals surface area contributed by atoms with Crippen LogP contribution in [0.2, 0.25) is 0 Å². The standard InChI is InChI=1S/C17H21N5O3S/c1-12-11-15(20-17(18)19-12)13-3-5-14(6-4-13)16(23)21-7-9-22(10-8-21)26(2,24)25/h3-6,11H,7-10H2,1-2H3,(H2,18,19,20). The Bertz CT molecular complexity index is 900. The van der Waals surface area contributed by atoms with Crippen molar-refractivity contribution in [2.24, 2.45) is 0 Å². The van der Waals surface area contributed by atoms with E-state index in [0.717, 1.165) is 11.3 Å². The van der Waals surface area contributed by atoms with E-state index in [-0.39, 0.29) is 11.9 Å². The maximum Gasteiger partial charge on any atom is 0.253 e. The number of sulfonamides is 1. The molecule has 0 radical (unpaired) electrons. The van der Waals surface area contributed by atoms with Gasteiger partial charge in [-0.3, -0.25) is 4.79 Å². The Morgan fingerprint density at radius 3 is 2.23 bits per heavy atom. The molecule has 1 aromatic carbocycles. The van der Waals surface area contributed by atoms with Crippen LogP contribution in [0.5, 0.6) is 0 Å². The number of benzene rings is 1. The molecule has 2 heterocycles. The Morgan fingerprint density at radius 2 is 1.69 bits per heavy atom. The first kappa shape index (κ1) is 18.3. The summed E-state index contributed by atoms with van der Waals surface area (Å²) in [6.07, 6.45) is 1.19. The summed E-state index contributed by atoms with van der Waals surface area (Å²) in [7, 11) is -3.21. The second kappa shape index (κ2) is 7.00. The third-order valence-electron chi connectivity index (χ3n) is 4.29. The molecule has 138 valence electrons. The molecule has 0 bridgehead atoms. The van der Waals surface area contributed by atoms with Gasteiger partial charge in [0.2, 0.25) is 16.0 Å². The number of carbonyl (C=O) groups excluding carboxylic acids is 1. The van der Waals surface area contributed by atoms with E-state index in [0.29, 0.717) is 37.4 Å². The fraction of sp³-hybridized carbons (Fsp3) is 0.353. The van der Waals surface area contributed by atoms with Crippen LogP contribution >= 0.6 is 0 Å². The predicted molar refractivity (Wildman–Crippen MR) is 98.9 cm³/mol. The average molecular weight is 375 g/mol. The van der Waals surface area contributed by atoms with Crippen molar-refractivity contribution in [3.8, 4) is 11.3 Å². The fourth-order valence-corrected chi connectivity index (χ4v) is 3.75. The number of amides is 1. The summed E-state index contributed by atoms with van der Waals surface area (Å²) in [6.45, 7) is 3.25. The van der Waals surface area contributed by atoms with Crippen LogP contribution in [-0.4, -0.2) is 65.9 Å². The van der Waals surface area contributed by atoms with Gasteiger partial charge in [0.25, 0.3) is 5.91 Å². The summed E-state index contributed by atoms with van der Waals surface area (Å²) in [6, 6.07) is 8.96. The Hall–Kier alpha value is -2.52. The molecule has 0 spiro atoms. The molecule has 1 aromatic heterocycles. The molecule has 1 amide bonds. The summed E-state index contributed by atoms with van der Waals surface area (Å²) in [5.41, 5.74) is 8.57. The first-order valence-corrected chi connectivity index (χ1v) is 10.0. The largest absolute Gasteiger partial charge is 0.368 e. The lowest BCUT2D eigenvalue weighted by molar-refractivity contribution is 0.0698. The van der Waals surface area contributed by atoms with E-state index in [9.17, 15) is 13.2 Å². The molecule has 1 fully saturated rings. The fourth-order valence-electron chi connectivity index (χ4n) is 2.93. The minimum absolute atomic E-state index is 0.108. The monoisotopic (exact) mass is 375 g/mol. The van der Waals surface area contributed by atoms with Crippen LogP contribution in [0.3, 0.4) is 0 Å². The number of piperazine rings is 1. The Balaban J connectivity index is 1.72. The molecule has 9 heteroatoms. The van der Waals surface area contributed by atoms with E-state index >= 15 is 0 Å². The second-order valence-electron chi connectivity index (χ2n) is 6.28. The van der Waals surface area contributed by atoms with E-state index in [2.05, 4.69) is 9.97 Å². The molecule has 0 saturated carbocycles. The van der Waals surface area contributed by atoms with Crippen LogP contribution in [0.1, 0.15) is 16.1 Å². The van der Waals surface area contributed by atoms with Crippen LogP contribution in [-0.2, 0) is 10.0 Å². The number of nitrogen functional groups attached to an aromatic ring is 1. The number of carbonyl (C=O) groups is 1. The lowest BCUT2D eigenvalue weighted by atomic mass is 10.1. The zero-order chi connectivity index (χ0) is 18.9. The number of hydrogen-bond donors (Lipinski definition) is 1. The number of hydrogen-bond acceptors (Lipinski definition) is 6. The normalized spacial score (nSPS) is 15.8. The van der Waals surface area contributed by atoms with Gasteiger partial charge in [0.1, 0.15) is 0 Å². The molecule has 3 rings (SSSR count). The van der Waals surface area contributed by atoms with Gasteiger partial charge in [-0.05, 0) is 25.1 Å². The van der Waals surface area contributed by atoms with Crippen LogP contribution in [0, 0.1) is 6.92 Å². The van der Waals surface area contributed by atoms with Gasteiger partial charge in [0.15, 0.2) is 0 Å². The van der Waals surface area contributed by atoms with Crippen molar-refractivity contribution < 1.29 is 13.2 Å². The molecular weight excluding hydrogens is 354 g/mol. The lowest BCUT2D eigenvalue weighted by Crippen LogP contribution is -2.50. The van der Waals surface area contributed by atoms with Crippen LogP contribution in [0.4, 0.5) is 5.95 Å². The summed E-state index contributed by atoms with van der Waals surface area (Å²) in [4.78, 5) is 22.6. The van der Waals surface area contributed by atoms with Gasteiger partial charge in [-0.2, -0.15) is 4.31 Å². The number of nitrogens with two attached hydrogens (primary N) is 1. The maximum atomic E-state index is 12.6. The van der Waals surface area contributed by atoms with Crippen LogP contribution < -0.4 is 5.73 Å². The molecule has 1 saturated heterocycles. The number of aromatic nitrogens is 2. The minimum Gasteiger partial charge on any atom is -0.368 e. The highest BCUT2D eigenvalue weighted by Gasteiger charge is 2.26. The Kier molecular flexibility index (Phi) is 4.92. The van der Waals surface area contributed by atoms with Gasteiger partial charge in [-0.1, -0.05) is 12.1 Å². The molecule has 26 heavy (non-hydrogen) atoms. The topological polar surface area (TPSA) is 109 Å². The minimum atomic E-state index is -3.21. The van der Waals surface area contributed by atoms with Crippen molar-refractivity contribution in [2.45, 2.75) is 6.92 Å². The average Bonchev–Trinajstić information content (AvgIpc) is 2.60. The van der Waals surface area contributed by atoms with Crippen molar-refractivity contribution in [3.05, 3.63) is 41.6 Å². The van der Waals surface area contributed by atoms with Gasteiger partial charge in [-0.15, -0.1) is 0 Å². The first-order chi connectivity index (χ1) is 12.2. The van der Waals surface area contributed by atoms with Gasteiger partial charge < -0.3 is 10.6 Å². The Morgan fingerprint density at radius 1 is 1.08 bits per heavy atom. The molecule has 2 N–H and O–H groups in total. The van der Waals surface area contributed by atoms with Gasteiger partial charge in [0, 0.05) is 43.0 Å². The second-order valence-corrected chi connectivity index (χ2v) is 8.27. The zero-order valence-electron chi connectivity index (χ0n) is 14.7. The highest BCUT2D eigenvalue weighted by molar-refractivity contribution is 7.88. The molecule has 2 aromatic rings. The number of rotatable bonds is 3. The first-order valence-electron chi connectivity index (χ1n) is 8.20. The molecular formula is C17H21N5O3S. The third-order valence-corrected chi connectivity index (χ3v) is 5.60. The molecule has 1 aliphatic heterocycles. The maximum absolute atomic E-state index is 12.6. The van der Waals surface area contributed by atoms with Gasteiger partial charge in [0.05, 0.1) is 11.9 Å². The van der Waals surface area contributed by atoms with E-state index in [4.69, 9.17) is 5.73 Å². The highest BCUT2D eigenvalue weighted by Crippen LogP contribution is 2.20. The zero-order valence-corrected chi connectivity index (χ0v) is 15.5. The molecule has 0 unspecified atom stereocenters. The summed E-state index contributed by atoms with van der Waals surface area (Å²) in [5, 5.41) is 0. The molecule has 0 atom stereocenters.